The van der Waals surface area contributed by atoms with Crippen LogP contribution < -0.4 is 11.1 Å². The van der Waals surface area contributed by atoms with Crippen molar-refractivity contribution in [3.05, 3.63) is 11.7 Å². The topological polar surface area (TPSA) is 103 Å². The van der Waals surface area contributed by atoms with E-state index in [0.29, 0.717) is 37.7 Å². The summed E-state index contributed by atoms with van der Waals surface area (Å²) >= 11 is 0. The van der Waals surface area contributed by atoms with E-state index in [9.17, 15) is 4.79 Å². The van der Waals surface area contributed by atoms with E-state index >= 15 is 0 Å². The number of amides is 1. The Morgan fingerprint density at radius 1 is 1.61 bits per heavy atom. The van der Waals surface area contributed by atoms with Crippen molar-refractivity contribution in [1.82, 2.24) is 15.5 Å². The number of hydrogen-bond acceptors (Lipinski definition) is 6. The van der Waals surface area contributed by atoms with Crippen LogP contribution in [0.15, 0.2) is 4.52 Å². The molecule has 0 aliphatic heterocycles. The number of ether oxygens (including phenoxy) is 1. The van der Waals surface area contributed by atoms with Gasteiger partial charge in [0.1, 0.15) is 0 Å². The highest BCUT2D eigenvalue weighted by molar-refractivity contribution is 5.81. The van der Waals surface area contributed by atoms with Crippen LogP contribution in [0, 0.1) is 6.92 Å². The van der Waals surface area contributed by atoms with Gasteiger partial charge in [0.05, 0.1) is 6.04 Å². The normalized spacial score (nSPS) is 12.4. The van der Waals surface area contributed by atoms with Crippen LogP contribution in [0.4, 0.5) is 0 Å². The molecule has 7 heteroatoms. The Morgan fingerprint density at radius 3 is 3.00 bits per heavy atom. The van der Waals surface area contributed by atoms with E-state index in [0.717, 1.165) is 6.42 Å². The van der Waals surface area contributed by atoms with Crippen LogP contribution in [0.5, 0.6) is 0 Å². The Bertz CT molecular complexity index is 367. The summed E-state index contributed by atoms with van der Waals surface area (Å²) in [6, 6.07) is -0.496. The molecule has 1 rings (SSSR count). The lowest BCUT2D eigenvalue weighted by molar-refractivity contribution is -0.122. The van der Waals surface area contributed by atoms with E-state index in [2.05, 4.69) is 15.5 Å². The molecular weight excluding hydrogens is 236 g/mol. The molecule has 1 heterocycles. The van der Waals surface area contributed by atoms with Crippen molar-refractivity contribution >= 4 is 5.91 Å². The molecule has 18 heavy (non-hydrogen) atoms. The maximum absolute atomic E-state index is 11.6. The number of aryl methyl sites for hydroxylation is 1. The zero-order valence-electron chi connectivity index (χ0n) is 10.8. The predicted octanol–water partition coefficient (Wildman–Crippen LogP) is -0.209. The average molecular weight is 256 g/mol. The lowest BCUT2D eigenvalue weighted by atomic mass is 10.1. The first-order chi connectivity index (χ1) is 8.63. The third kappa shape index (κ3) is 5.24. The molecule has 0 aliphatic rings. The van der Waals surface area contributed by atoms with Crippen molar-refractivity contribution in [2.24, 2.45) is 5.73 Å². The molecule has 0 bridgehead atoms. The number of hydrogen-bond donors (Lipinski definition) is 2. The van der Waals surface area contributed by atoms with Gasteiger partial charge in [0, 0.05) is 26.7 Å². The molecule has 0 aromatic carbocycles. The van der Waals surface area contributed by atoms with E-state index in [-0.39, 0.29) is 5.91 Å². The summed E-state index contributed by atoms with van der Waals surface area (Å²) in [6.45, 7) is 2.80. The Balaban J connectivity index is 2.16. The molecule has 0 radical (unpaired) electrons. The highest BCUT2D eigenvalue weighted by Gasteiger charge is 2.12. The largest absolute Gasteiger partial charge is 0.385 e. The molecule has 0 fully saturated rings. The number of aromatic nitrogens is 2. The van der Waals surface area contributed by atoms with E-state index < -0.39 is 6.04 Å². The van der Waals surface area contributed by atoms with Crippen LogP contribution in [0.25, 0.3) is 0 Å². The van der Waals surface area contributed by atoms with Gasteiger partial charge >= 0.3 is 0 Å². The molecule has 1 unspecified atom stereocenters. The molecule has 0 saturated carbocycles. The number of nitrogens with zero attached hydrogens (tertiary/aromatic N) is 2. The van der Waals surface area contributed by atoms with Crippen LogP contribution in [0.3, 0.4) is 0 Å². The number of carbonyl (C=O) groups is 1. The summed E-state index contributed by atoms with van der Waals surface area (Å²) < 4.78 is 9.82. The Kier molecular flexibility index (Phi) is 6.31. The number of nitrogens with one attached hydrogen (secondary N) is 1. The quantitative estimate of drug-likeness (QED) is 0.624. The zero-order valence-corrected chi connectivity index (χ0v) is 10.8. The van der Waals surface area contributed by atoms with Gasteiger partial charge in [-0.1, -0.05) is 5.16 Å². The Hall–Kier alpha value is -1.47. The van der Waals surface area contributed by atoms with Crippen molar-refractivity contribution < 1.29 is 14.1 Å². The zero-order chi connectivity index (χ0) is 13.4. The summed E-state index contributed by atoms with van der Waals surface area (Å²) in [6.07, 6.45) is 1.89. The lowest BCUT2D eigenvalue weighted by Gasteiger charge is -2.11. The molecule has 102 valence electrons. The Labute approximate surface area is 106 Å². The molecule has 7 nitrogen and oxygen atoms in total. The average Bonchev–Trinajstić information content (AvgIpc) is 2.75. The molecular formula is C11H20N4O3. The number of methoxy groups -OCH3 is 1. The molecule has 1 aromatic heterocycles. The smallest absolute Gasteiger partial charge is 0.236 e. The van der Waals surface area contributed by atoms with E-state index in [1.54, 1.807) is 14.0 Å². The highest BCUT2D eigenvalue weighted by atomic mass is 16.5. The van der Waals surface area contributed by atoms with Gasteiger partial charge < -0.3 is 20.3 Å². The van der Waals surface area contributed by atoms with Gasteiger partial charge in [0.2, 0.25) is 11.8 Å². The summed E-state index contributed by atoms with van der Waals surface area (Å²) in [5.41, 5.74) is 5.72. The SMILES string of the molecule is COCCCC(N)C(=O)NCCc1nc(C)no1. The van der Waals surface area contributed by atoms with Crippen LogP contribution in [0.1, 0.15) is 24.6 Å². The summed E-state index contributed by atoms with van der Waals surface area (Å²) in [4.78, 5) is 15.6. The van der Waals surface area contributed by atoms with Gasteiger partial charge in [-0.05, 0) is 19.8 Å². The molecule has 3 N–H and O–H groups in total. The van der Waals surface area contributed by atoms with Gasteiger partial charge in [-0.3, -0.25) is 4.79 Å². The molecule has 1 aromatic rings. The minimum atomic E-state index is -0.496. The van der Waals surface area contributed by atoms with Crippen LogP contribution in [-0.4, -0.2) is 42.4 Å². The van der Waals surface area contributed by atoms with E-state index in [1.807, 2.05) is 0 Å². The molecule has 1 atom stereocenters. The molecule has 0 aliphatic carbocycles. The number of rotatable bonds is 8. The number of nitrogens with two attached hydrogens (primary N) is 1. The van der Waals surface area contributed by atoms with Gasteiger partial charge in [-0.25, -0.2) is 0 Å². The van der Waals surface area contributed by atoms with Gasteiger partial charge in [0.25, 0.3) is 0 Å². The van der Waals surface area contributed by atoms with Crippen molar-refractivity contribution in [3.63, 3.8) is 0 Å². The van der Waals surface area contributed by atoms with Gasteiger partial charge in [-0.2, -0.15) is 4.98 Å². The first-order valence-electron chi connectivity index (χ1n) is 5.95. The first-order valence-corrected chi connectivity index (χ1v) is 5.95. The fourth-order valence-electron chi connectivity index (χ4n) is 1.44. The second kappa shape index (κ2) is 7.78. The van der Waals surface area contributed by atoms with Crippen LogP contribution in [-0.2, 0) is 16.0 Å². The van der Waals surface area contributed by atoms with E-state index in [1.165, 1.54) is 0 Å². The first kappa shape index (κ1) is 14.6. The standard InChI is InChI=1S/C11H20N4O3/c1-8-14-10(18-15-8)5-6-13-11(16)9(12)4-3-7-17-2/h9H,3-7,12H2,1-2H3,(H,13,16). The second-order valence-electron chi connectivity index (χ2n) is 4.02. The number of carbonyl (C=O) groups excluding carboxylic acids is 1. The van der Waals surface area contributed by atoms with Crippen molar-refractivity contribution in [3.8, 4) is 0 Å². The third-order valence-corrected chi connectivity index (χ3v) is 2.41. The van der Waals surface area contributed by atoms with Crippen LogP contribution >= 0.6 is 0 Å². The summed E-state index contributed by atoms with van der Waals surface area (Å²) in [5.74, 6) is 0.940. The van der Waals surface area contributed by atoms with E-state index in [4.69, 9.17) is 15.0 Å². The molecule has 0 saturated heterocycles. The third-order valence-electron chi connectivity index (χ3n) is 2.41. The van der Waals surface area contributed by atoms with Gasteiger partial charge in [-0.15, -0.1) is 0 Å². The second-order valence-corrected chi connectivity index (χ2v) is 4.02. The Morgan fingerprint density at radius 2 is 2.39 bits per heavy atom. The van der Waals surface area contributed by atoms with Gasteiger partial charge in [0.15, 0.2) is 5.82 Å². The lowest BCUT2D eigenvalue weighted by Crippen LogP contribution is -2.41. The maximum Gasteiger partial charge on any atom is 0.236 e. The maximum atomic E-state index is 11.6. The summed E-state index contributed by atoms with van der Waals surface area (Å²) in [5, 5.41) is 6.40. The monoisotopic (exact) mass is 256 g/mol. The van der Waals surface area contributed by atoms with Crippen molar-refractivity contribution in [1.29, 1.82) is 0 Å². The molecule has 0 spiro atoms. The highest BCUT2D eigenvalue weighted by Crippen LogP contribution is 1.97. The van der Waals surface area contributed by atoms with Crippen LogP contribution in [0.2, 0.25) is 0 Å². The van der Waals surface area contributed by atoms with Crippen molar-refractivity contribution in [2.75, 3.05) is 20.3 Å². The minimum Gasteiger partial charge on any atom is -0.385 e. The fourth-order valence-corrected chi connectivity index (χ4v) is 1.44. The minimum absolute atomic E-state index is 0.164. The fraction of sp³-hybridized carbons (Fsp3) is 0.727. The van der Waals surface area contributed by atoms with Crippen molar-refractivity contribution in [2.45, 2.75) is 32.2 Å². The summed E-state index contributed by atoms with van der Waals surface area (Å²) in [7, 11) is 1.62. The molecule has 1 amide bonds. The predicted molar refractivity (Wildman–Crippen MR) is 64.8 cm³/mol.